The summed E-state index contributed by atoms with van der Waals surface area (Å²) in [4.78, 5) is 26.7. The van der Waals surface area contributed by atoms with E-state index in [0.717, 1.165) is 25.3 Å². The Morgan fingerprint density at radius 1 is 0.972 bits per heavy atom. The van der Waals surface area contributed by atoms with Gasteiger partial charge >= 0.3 is 0 Å². The molecule has 8 heteroatoms. The summed E-state index contributed by atoms with van der Waals surface area (Å²) in [5, 5.41) is 9.86. The van der Waals surface area contributed by atoms with Gasteiger partial charge in [-0.25, -0.2) is 9.97 Å². The Kier molecular flexibility index (Phi) is 7.61. The van der Waals surface area contributed by atoms with Crippen molar-refractivity contribution >= 4 is 23.2 Å². The van der Waals surface area contributed by atoms with Gasteiger partial charge in [0.15, 0.2) is 11.6 Å². The number of rotatable bonds is 9. The predicted octanol–water partition coefficient (Wildman–Crippen LogP) is 3.76. The molecular weight excluding hydrogens is 450 g/mol. The normalized spacial score (nSPS) is 15.4. The zero-order valence-electron chi connectivity index (χ0n) is 20.9. The number of aromatic nitrogens is 2. The lowest BCUT2D eigenvalue weighted by Crippen LogP contribution is -2.38. The van der Waals surface area contributed by atoms with Crippen molar-refractivity contribution in [3.8, 4) is 0 Å². The molecule has 2 aliphatic heterocycles. The van der Waals surface area contributed by atoms with Gasteiger partial charge in [-0.2, -0.15) is 0 Å². The summed E-state index contributed by atoms with van der Waals surface area (Å²) < 4.78 is 0. The van der Waals surface area contributed by atoms with E-state index in [1.54, 1.807) is 0 Å². The highest BCUT2D eigenvalue weighted by Crippen LogP contribution is 2.35. The maximum absolute atomic E-state index is 13.0. The smallest absolute Gasteiger partial charge is 0.289 e. The molecule has 8 nitrogen and oxygen atoms in total. The number of amides is 1. The number of anilines is 3. The van der Waals surface area contributed by atoms with Gasteiger partial charge in [0, 0.05) is 32.6 Å². The minimum Gasteiger partial charge on any atom is -0.367 e. The van der Waals surface area contributed by atoms with Crippen molar-refractivity contribution in [3.05, 3.63) is 77.6 Å². The highest BCUT2D eigenvalue weighted by Gasteiger charge is 2.26. The number of benzene rings is 2. The Morgan fingerprint density at radius 3 is 2.31 bits per heavy atom. The van der Waals surface area contributed by atoms with Gasteiger partial charge in [0.2, 0.25) is 5.82 Å². The minimum atomic E-state index is -0.239. The standard InChI is InChI=1S/C28H35N7O/c1-34-20-31-26-24(34)25(32-27(33-26)28(36)29-15-18-35-16-9-4-10-17-35)30-19-23(21-11-5-2-6-12-21)22-13-7-3-8-14-22/h2-3,5-8,11-14,23H,4,9-10,15-20H2,1H3,(H,29,36)(H2,30,31,32,33). The van der Waals surface area contributed by atoms with E-state index in [1.807, 2.05) is 19.2 Å². The van der Waals surface area contributed by atoms with Crippen molar-refractivity contribution in [2.75, 3.05) is 62.0 Å². The third-order valence-electron chi connectivity index (χ3n) is 6.99. The Bertz CT molecular complexity index is 1110. The van der Waals surface area contributed by atoms with E-state index in [0.29, 0.717) is 31.4 Å². The lowest BCUT2D eigenvalue weighted by atomic mass is 9.91. The molecule has 0 atom stereocenters. The fourth-order valence-corrected chi connectivity index (χ4v) is 5.02. The Labute approximate surface area is 213 Å². The molecular formula is C28H35N7O. The Morgan fingerprint density at radius 2 is 1.64 bits per heavy atom. The Hall–Kier alpha value is -3.65. The topological polar surface area (TPSA) is 85.4 Å². The van der Waals surface area contributed by atoms with E-state index in [-0.39, 0.29) is 17.6 Å². The van der Waals surface area contributed by atoms with Gasteiger partial charge in [-0.1, -0.05) is 67.1 Å². The second-order valence-electron chi connectivity index (χ2n) is 9.54. The molecule has 188 valence electrons. The van der Waals surface area contributed by atoms with E-state index < -0.39 is 0 Å². The van der Waals surface area contributed by atoms with E-state index in [1.165, 1.54) is 30.4 Å². The van der Waals surface area contributed by atoms with Gasteiger partial charge in [0.25, 0.3) is 5.91 Å². The number of nitrogens with zero attached hydrogens (tertiary/aromatic N) is 4. The quantitative estimate of drug-likeness (QED) is 0.426. The van der Waals surface area contributed by atoms with Crippen LogP contribution in [0.2, 0.25) is 0 Å². The van der Waals surface area contributed by atoms with Crippen LogP contribution in [0, 0.1) is 0 Å². The number of hydrogen-bond acceptors (Lipinski definition) is 7. The summed E-state index contributed by atoms with van der Waals surface area (Å²) in [5.41, 5.74) is 3.34. The largest absolute Gasteiger partial charge is 0.367 e. The van der Waals surface area contributed by atoms with Crippen LogP contribution in [0.5, 0.6) is 0 Å². The van der Waals surface area contributed by atoms with E-state index in [4.69, 9.17) is 0 Å². The van der Waals surface area contributed by atoms with Crippen LogP contribution in [0.25, 0.3) is 0 Å². The maximum Gasteiger partial charge on any atom is 0.289 e. The first-order valence-corrected chi connectivity index (χ1v) is 12.9. The number of hydrogen-bond donors (Lipinski definition) is 3. The third kappa shape index (κ3) is 5.60. The number of carbonyl (C=O) groups is 1. The molecule has 1 aromatic heterocycles. The highest BCUT2D eigenvalue weighted by atomic mass is 16.2. The SMILES string of the molecule is CN1CNc2nc(C(=O)NCCN3CCCCC3)nc(NCC(c3ccccc3)c3ccccc3)c21. The molecule has 0 unspecified atom stereocenters. The van der Waals surface area contributed by atoms with E-state index in [9.17, 15) is 4.79 Å². The second kappa shape index (κ2) is 11.4. The van der Waals surface area contributed by atoms with Crippen molar-refractivity contribution in [3.63, 3.8) is 0 Å². The van der Waals surface area contributed by atoms with Crippen LogP contribution in [0.1, 0.15) is 46.9 Å². The monoisotopic (exact) mass is 485 g/mol. The molecule has 1 saturated heterocycles. The van der Waals surface area contributed by atoms with Crippen LogP contribution in [0.3, 0.4) is 0 Å². The first-order chi connectivity index (χ1) is 17.7. The van der Waals surface area contributed by atoms with Crippen molar-refractivity contribution in [2.24, 2.45) is 0 Å². The van der Waals surface area contributed by atoms with Gasteiger partial charge in [0.1, 0.15) is 5.69 Å². The van der Waals surface area contributed by atoms with Crippen LogP contribution < -0.4 is 20.9 Å². The van der Waals surface area contributed by atoms with Crippen molar-refractivity contribution in [1.82, 2.24) is 20.2 Å². The number of fused-ring (bicyclic) bond motifs is 1. The zero-order chi connectivity index (χ0) is 24.7. The molecule has 2 aliphatic rings. The summed E-state index contributed by atoms with van der Waals surface area (Å²) in [5.74, 6) is 1.45. The predicted molar refractivity (Wildman–Crippen MR) is 145 cm³/mol. The van der Waals surface area contributed by atoms with Crippen molar-refractivity contribution in [2.45, 2.75) is 25.2 Å². The molecule has 5 rings (SSSR count). The lowest BCUT2D eigenvalue weighted by Gasteiger charge is -2.26. The van der Waals surface area contributed by atoms with Gasteiger partial charge in [-0.3, -0.25) is 4.79 Å². The number of likely N-dealkylation sites (tertiary alicyclic amines) is 1. The third-order valence-corrected chi connectivity index (χ3v) is 6.99. The van der Waals surface area contributed by atoms with Gasteiger partial charge < -0.3 is 25.8 Å². The molecule has 3 aromatic rings. The molecule has 0 radical (unpaired) electrons. The van der Waals surface area contributed by atoms with Gasteiger partial charge in [0.05, 0.1) is 6.67 Å². The number of carbonyl (C=O) groups excluding carboxylic acids is 1. The van der Waals surface area contributed by atoms with Crippen LogP contribution in [0.4, 0.5) is 17.3 Å². The summed E-state index contributed by atoms with van der Waals surface area (Å²) in [6.07, 6.45) is 3.78. The van der Waals surface area contributed by atoms with Crippen LogP contribution in [0.15, 0.2) is 60.7 Å². The first-order valence-electron chi connectivity index (χ1n) is 12.9. The summed E-state index contributed by atoms with van der Waals surface area (Å²) in [6, 6.07) is 20.9. The maximum atomic E-state index is 13.0. The summed E-state index contributed by atoms with van der Waals surface area (Å²) in [7, 11) is 2.00. The van der Waals surface area contributed by atoms with E-state index >= 15 is 0 Å². The van der Waals surface area contributed by atoms with Crippen LogP contribution in [-0.4, -0.2) is 67.2 Å². The molecule has 1 amide bonds. The second-order valence-corrected chi connectivity index (χ2v) is 9.54. The molecule has 1 fully saturated rings. The van der Waals surface area contributed by atoms with Gasteiger partial charge in [-0.05, 0) is 37.1 Å². The van der Waals surface area contributed by atoms with E-state index in [2.05, 4.69) is 84.2 Å². The molecule has 3 heterocycles. The van der Waals surface area contributed by atoms with Crippen molar-refractivity contribution < 1.29 is 4.79 Å². The summed E-state index contributed by atoms with van der Waals surface area (Å²) >= 11 is 0. The lowest BCUT2D eigenvalue weighted by molar-refractivity contribution is 0.0936. The molecule has 3 N–H and O–H groups in total. The minimum absolute atomic E-state index is 0.138. The Balaban J connectivity index is 1.33. The number of piperidine rings is 1. The van der Waals surface area contributed by atoms with Gasteiger partial charge in [-0.15, -0.1) is 0 Å². The molecule has 0 bridgehead atoms. The molecule has 0 saturated carbocycles. The fraction of sp³-hybridized carbons (Fsp3) is 0.393. The molecule has 36 heavy (non-hydrogen) atoms. The van der Waals surface area contributed by atoms with Crippen LogP contribution in [-0.2, 0) is 0 Å². The fourth-order valence-electron chi connectivity index (χ4n) is 5.02. The average Bonchev–Trinajstić information content (AvgIpc) is 3.31. The molecule has 0 aliphatic carbocycles. The van der Waals surface area contributed by atoms with Crippen LogP contribution >= 0.6 is 0 Å². The summed E-state index contributed by atoms with van der Waals surface area (Å²) in [6.45, 7) is 4.94. The first kappa shape index (κ1) is 24.1. The zero-order valence-corrected chi connectivity index (χ0v) is 20.9. The highest BCUT2D eigenvalue weighted by molar-refractivity contribution is 5.93. The molecule has 2 aromatic carbocycles. The van der Waals surface area contributed by atoms with Crippen molar-refractivity contribution in [1.29, 1.82) is 0 Å². The molecule has 0 spiro atoms. The average molecular weight is 486 g/mol. The number of nitrogens with one attached hydrogen (secondary N) is 3.